The summed E-state index contributed by atoms with van der Waals surface area (Å²) in [7, 11) is 2.09. The predicted octanol–water partition coefficient (Wildman–Crippen LogP) is 1.72. The van der Waals surface area contributed by atoms with E-state index >= 15 is 0 Å². The molecule has 1 fully saturated rings. The van der Waals surface area contributed by atoms with Crippen molar-refractivity contribution in [2.75, 3.05) is 31.6 Å². The lowest BCUT2D eigenvalue weighted by Gasteiger charge is -2.31. The van der Waals surface area contributed by atoms with Crippen LogP contribution in [0.2, 0.25) is 0 Å². The fourth-order valence-corrected chi connectivity index (χ4v) is 2.40. The predicted molar refractivity (Wildman–Crippen MR) is 80.5 cm³/mol. The van der Waals surface area contributed by atoms with Gasteiger partial charge in [0, 0.05) is 51.5 Å². The lowest BCUT2D eigenvalue weighted by molar-refractivity contribution is 0.199. The Labute approximate surface area is 116 Å². The van der Waals surface area contributed by atoms with Crippen LogP contribution >= 0.6 is 0 Å². The minimum absolute atomic E-state index is 0.479. The average Bonchev–Trinajstić information content (AvgIpc) is 2.39. The van der Waals surface area contributed by atoms with Crippen LogP contribution in [0.4, 0.5) is 5.82 Å². The summed E-state index contributed by atoms with van der Waals surface area (Å²) < 4.78 is 0. The van der Waals surface area contributed by atoms with Crippen LogP contribution in [-0.2, 0) is 6.54 Å². The second-order valence-corrected chi connectivity index (χ2v) is 5.82. The van der Waals surface area contributed by atoms with Gasteiger partial charge in [0.15, 0.2) is 0 Å². The van der Waals surface area contributed by atoms with Crippen molar-refractivity contribution in [1.82, 2.24) is 15.2 Å². The molecular formula is C15H26N4. The van der Waals surface area contributed by atoms with Gasteiger partial charge in [-0.3, -0.25) is 4.90 Å². The Kier molecular flexibility index (Phi) is 4.77. The van der Waals surface area contributed by atoms with Gasteiger partial charge in [0.05, 0.1) is 0 Å². The van der Waals surface area contributed by atoms with Crippen molar-refractivity contribution < 1.29 is 0 Å². The monoisotopic (exact) mass is 262 g/mol. The molecule has 2 rings (SSSR count). The van der Waals surface area contributed by atoms with Crippen LogP contribution in [-0.4, -0.2) is 48.6 Å². The molecule has 0 radical (unpaired) electrons. The molecule has 1 aliphatic heterocycles. The molecule has 1 aliphatic rings. The van der Waals surface area contributed by atoms with Crippen molar-refractivity contribution in [2.45, 2.75) is 39.4 Å². The zero-order chi connectivity index (χ0) is 13.8. The van der Waals surface area contributed by atoms with Gasteiger partial charge in [0.1, 0.15) is 5.82 Å². The number of nitrogens with zero attached hydrogens (tertiary/aromatic N) is 3. The van der Waals surface area contributed by atoms with Gasteiger partial charge in [-0.25, -0.2) is 4.98 Å². The maximum absolute atomic E-state index is 4.57. The molecule has 4 nitrogen and oxygen atoms in total. The number of nitrogens with one attached hydrogen (secondary N) is 1. The molecule has 0 spiro atoms. The zero-order valence-electron chi connectivity index (χ0n) is 12.6. The van der Waals surface area contributed by atoms with Crippen LogP contribution < -0.4 is 10.2 Å². The second kappa shape index (κ2) is 6.35. The number of piperazine rings is 1. The summed E-state index contributed by atoms with van der Waals surface area (Å²) in [5, 5.41) is 3.47. The molecule has 1 unspecified atom stereocenters. The van der Waals surface area contributed by atoms with E-state index in [4.69, 9.17) is 0 Å². The SMILES string of the molecule is CC1CN(Cc2ccc(N(C)C(C)C)nc2)CCN1. The summed E-state index contributed by atoms with van der Waals surface area (Å²) in [6.07, 6.45) is 2.01. The highest BCUT2D eigenvalue weighted by molar-refractivity contribution is 5.39. The molecule has 4 heteroatoms. The van der Waals surface area contributed by atoms with E-state index < -0.39 is 0 Å². The highest BCUT2D eigenvalue weighted by atomic mass is 15.2. The first-order valence-electron chi connectivity index (χ1n) is 7.19. The molecule has 0 amide bonds. The lowest BCUT2D eigenvalue weighted by Crippen LogP contribution is -2.48. The molecule has 0 bridgehead atoms. The Morgan fingerprint density at radius 2 is 2.26 bits per heavy atom. The fourth-order valence-electron chi connectivity index (χ4n) is 2.40. The summed E-state index contributed by atoms with van der Waals surface area (Å²) in [5.41, 5.74) is 1.30. The maximum atomic E-state index is 4.57. The minimum Gasteiger partial charge on any atom is -0.357 e. The van der Waals surface area contributed by atoms with Crippen molar-refractivity contribution in [2.24, 2.45) is 0 Å². The Bertz CT molecular complexity index is 388. The zero-order valence-corrected chi connectivity index (χ0v) is 12.6. The molecule has 0 saturated carbocycles. The Morgan fingerprint density at radius 1 is 1.47 bits per heavy atom. The average molecular weight is 262 g/mol. The Hall–Kier alpha value is -1.13. The standard InChI is InChI=1S/C15H26N4/c1-12(2)18(4)15-6-5-14(9-17-15)11-19-8-7-16-13(3)10-19/h5-6,9,12-13,16H,7-8,10-11H2,1-4H3. The summed E-state index contributed by atoms with van der Waals surface area (Å²) in [4.78, 5) is 9.25. The van der Waals surface area contributed by atoms with E-state index in [2.05, 4.69) is 60.1 Å². The molecule has 106 valence electrons. The van der Waals surface area contributed by atoms with Gasteiger partial charge < -0.3 is 10.2 Å². The van der Waals surface area contributed by atoms with Crippen LogP contribution in [0.1, 0.15) is 26.3 Å². The molecule has 1 saturated heterocycles. The second-order valence-electron chi connectivity index (χ2n) is 5.82. The highest BCUT2D eigenvalue weighted by Gasteiger charge is 2.15. The summed E-state index contributed by atoms with van der Waals surface area (Å²) in [6.45, 7) is 10.9. The molecule has 2 heterocycles. The third-order valence-electron chi connectivity index (χ3n) is 3.80. The summed E-state index contributed by atoms with van der Waals surface area (Å²) >= 11 is 0. The van der Waals surface area contributed by atoms with E-state index in [0.717, 1.165) is 32.0 Å². The van der Waals surface area contributed by atoms with E-state index in [1.165, 1.54) is 5.56 Å². The van der Waals surface area contributed by atoms with Gasteiger partial charge >= 0.3 is 0 Å². The number of pyridine rings is 1. The van der Waals surface area contributed by atoms with Gasteiger partial charge in [0.2, 0.25) is 0 Å². The third kappa shape index (κ3) is 3.91. The van der Waals surface area contributed by atoms with Crippen molar-refractivity contribution in [3.05, 3.63) is 23.9 Å². The molecule has 1 aromatic heterocycles. The van der Waals surface area contributed by atoms with Crippen molar-refractivity contribution in [3.63, 3.8) is 0 Å². The molecular weight excluding hydrogens is 236 g/mol. The van der Waals surface area contributed by atoms with Crippen molar-refractivity contribution in [1.29, 1.82) is 0 Å². The highest BCUT2D eigenvalue weighted by Crippen LogP contribution is 2.14. The molecule has 0 aliphatic carbocycles. The van der Waals surface area contributed by atoms with Gasteiger partial charge in [-0.2, -0.15) is 0 Å². The molecule has 1 atom stereocenters. The first kappa shape index (κ1) is 14.3. The normalized spacial score (nSPS) is 20.8. The number of aromatic nitrogens is 1. The first-order valence-corrected chi connectivity index (χ1v) is 7.19. The van der Waals surface area contributed by atoms with E-state index in [1.807, 2.05) is 6.20 Å². The van der Waals surface area contributed by atoms with Crippen molar-refractivity contribution in [3.8, 4) is 0 Å². The van der Waals surface area contributed by atoms with Crippen LogP contribution in [0, 0.1) is 0 Å². The van der Waals surface area contributed by atoms with Crippen LogP contribution in [0.3, 0.4) is 0 Å². The van der Waals surface area contributed by atoms with Crippen LogP contribution in [0.15, 0.2) is 18.3 Å². The van der Waals surface area contributed by atoms with Crippen molar-refractivity contribution >= 4 is 5.82 Å². The van der Waals surface area contributed by atoms with Gasteiger partial charge in [-0.05, 0) is 32.4 Å². The number of hydrogen-bond donors (Lipinski definition) is 1. The quantitative estimate of drug-likeness (QED) is 0.895. The molecule has 1 N–H and O–H groups in total. The Morgan fingerprint density at radius 3 is 2.84 bits per heavy atom. The van der Waals surface area contributed by atoms with E-state index in [1.54, 1.807) is 0 Å². The number of hydrogen-bond acceptors (Lipinski definition) is 4. The largest absolute Gasteiger partial charge is 0.357 e. The Balaban J connectivity index is 1.95. The minimum atomic E-state index is 0.479. The number of anilines is 1. The maximum Gasteiger partial charge on any atom is 0.128 e. The molecule has 0 aromatic carbocycles. The summed E-state index contributed by atoms with van der Waals surface area (Å²) in [5.74, 6) is 1.05. The van der Waals surface area contributed by atoms with Gasteiger partial charge in [0.25, 0.3) is 0 Å². The van der Waals surface area contributed by atoms with Crippen LogP contribution in [0.5, 0.6) is 0 Å². The van der Waals surface area contributed by atoms with E-state index in [0.29, 0.717) is 12.1 Å². The number of rotatable bonds is 4. The first-order chi connectivity index (χ1) is 9.06. The van der Waals surface area contributed by atoms with Gasteiger partial charge in [-0.1, -0.05) is 6.07 Å². The molecule has 1 aromatic rings. The summed E-state index contributed by atoms with van der Waals surface area (Å²) in [6, 6.07) is 5.40. The lowest BCUT2D eigenvalue weighted by atomic mass is 10.2. The van der Waals surface area contributed by atoms with E-state index in [-0.39, 0.29) is 0 Å². The van der Waals surface area contributed by atoms with Gasteiger partial charge in [-0.15, -0.1) is 0 Å². The van der Waals surface area contributed by atoms with E-state index in [9.17, 15) is 0 Å². The van der Waals surface area contributed by atoms with Crippen LogP contribution in [0.25, 0.3) is 0 Å². The fraction of sp³-hybridized carbons (Fsp3) is 0.667. The molecule has 19 heavy (non-hydrogen) atoms. The topological polar surface area (TPSA) is 31.4 Å². The smallest absolute Gasteiger partial charge is 0.128 e. The third-order valence-corrected chi connectivity index (χ3v) is 3.80.